The van der Waals surface area contributed by atoms with Crippen molar-refractivity contribution in [3.05, 3.63) is 65.7 Å². The Kier molecular flexibility index (Phi) is 3.90. The van der Waals surface area contributed by atoms with Gasteiger partial charge in [0, 0.05) is 11.6 Å². The maximum atomic E-state index is 13.0. The second-order valence-corrected chi connectivity index (χ2v) is 4.07. The minimum absolute atomic E-state index is 0.121. The van der Waals surface area contributed by atoms with E-state index in [2.05, 4.69) is 0 Å². The lowest BCUT2D eigenvalue weighted by molar-refractivity contribution is 0.0817. The first kappa shape index (κ1) is 13.2. The summed E-state index contributed by atoms with van der Waals surface area (Å²) in [5.74, 6) is -2.05. The molecular weight excluding hydrogens is 250 g/mol. The molecule has 1 atom stereocenters. The third kappa shape index (κ3) is 3.16. The summed E-state index contributed by atoms with van der Waals surface area (Å²) in [6.07, 6.45) is -0.771. The van der Waals surface area contributed by atoms with E-state index >= 15 is 0 Å². The van der Waals surface area contributed by atoms with Gasteiger partial charge in [-0.3, -0.25) is 4.79 Å². The van der Waals surface area contributed by atoms with Crippen molar-refractivity contribution in [2.75, 3.05) is 0 Å². The molecule has 2 rings (SSSR count). The van der Waals surface area contributed by atoms with Gasteiger partial charge in [-0.1, -0.05) is 30.3 Å². The number of hydrogen-bond donors (Lipinski definition) is 0. The van der Waals surface area contributed by atoms with Gasteiger partial charge in [-0.05, 0) is 19.1 Å². The quantitative estimate of drug-likeness (QED) is 0.787. The first-order chi connectivity index (χ1) is 9.08. The van der Waals surface area contributed by atoms with Crippen molar-refractivity contribution in [1.82, 2.24) is 0 Å². The zero-order valence-corrected chi connectivity index (χ0v) is 10.3. The molecule has 0 aliphatic carbocycles. The van der Waals surface area contributed by atoms with Crippen LogP contribution in [0.1, 0.15) is 17.3 Å². The van der Waals surface area contributed by atoms with E-state index in [1.807, 2.05) is 0 Å². The lowest BCUT2D eigenvalue weighted by atomic mass is 10.1. The number of rotatable bonds is 4. The zero-order chi connectivity index (χ0) is 13.8. The van der Waals surface area contributed by atoms with Crippen molar-refractivity contribution < 1.29 is 18.3 Å². The summed E-state index contributed by atoms with van der Waals surface area (Å²) in [5.41, 5.74) is 0.512. The average molecular weight is 262 g/mol. The van der Waals surface area contributed by atoms with Gasteiger partial charge in [0.2, 0.25) is 5.78 Å². The predicted molar refractivity (Wildman–Crippen MR) is 67.2 cm³/mol. The fourth-order valence-electron chi connectivity index (χ4n) is 1.64. The van der Waals surface area contributed by atoms with Gasteiger partial charge in [0.05, 0.1) is 0 Å². The number of ether oxygens (including phenoxy) is 1. The van der Waals surface area contributed by atoms with Crippen molar-refractivity contribution in [2.24, 2.45) is 0 Å². The molecule has 2 aromatic rings. The third-order valence-corrected chi connectivity index (χ3v) is 2.63. The first-order valence-electron chi connectivity index (χ1n) is 5.79. The standard InChI is InChI=1S/C15H12F2O2/c1-10(15(18)11-5-3-2-4-6-11)19-12-7-8-13(16)14(17)9-12/h2-10H,1H3. The second kappa shape index (κ2) is 5.61. The molecule has 2 nitrogen and oxygen atoms in total. The van der Waals surface area contributed by atoms with E-state index in [-0.39, 0.29) is 11.5 Å². The topological polar surface area (TPSA) is 26.3 Å². The van der Waals surface area contributed by atoms with Crippen molar-refractivity contribution in [1.29, 1.82) is 0 Å². The van der Waals surface area contributed by atoms with E-state index in [1.54, 1.807) is 37.3 Å². The van der Waals surface area contributed by atoms with Gasteiger partial charge in [0.25, 0.3) is 0 Å². The summed E-state index contributed by atoms with van der Waals surface area (Å²) in [6, 6.07) is 11.8. The number of benzene rings is 2. The molecule has 0 aromatic heterocycles. The Labute approximate surface area is 109 Å². The highest BCUT2D eigenvalue weighted by molar-refractivity contribution is 5.99. The molecule has 0 heterocycles. The van der Waals surface area contributed by atoms with Gasteiger partial charge >= 0.3 is 0 Å². The molecule has 0 saturated heterocycles. The Morgan fingerprint density at radius 1 is 1.05 bits per heavy atom. The summed E-state index contributed by atoms with van der Waals surface area (Å²) < 4.78 is 31.1. The van der Waals surface area contributed by atoms with E-state index < -0.39 is 17.7 Å². The molecule has 0 N–H and O–H groups in total. The Balaban J connectivity index is 2.10. The Hall–Kier alpha value is -2.23. The van der Waals surface area contributed by atoms with Crippen LogP contribution in [0.3, 0.4) is 0 Å². The molecule has 0 amide bonds. The number of Topliss-reactive ketones (excluding diaryl/α,β-unsaturated/α-hetero) is 1. The lowest BCUT2D eigenvalue weighted by Crippen LogP contribution is -2.23. The number of halogens is 2. The first-order valence-corrected chi connectivity index (χ1v) is 5.79. The molecule has 0 aliphatic heterocycles. The minimum atomic E-state index is -1.00. The third-order valence-electron chi connectivity index (χ3n) is 2.63. The minimum Gasteiger partial charge on any atom is -0.482 e. The van der Waals surface area contributed by atoms with Gasteiger partial charge in [0.15, 0.2) is 17.7 Å². The molecule has 0 radical (unpaired) electrons. The van der Waals surface area contributed by atoms with E-state index in [0.717, 1.165) is 12.1 Å². The molecule has 19 heavy (non-hydrogen) atoms. The Morgan fingerprint density at radius 3 is 2.37 bits per heavy atom. The van der Waals surface area contributed by atoms with Gasteiger partial charge in [-0.15, -0.1) is 0 Å². The maximum Gasteiger partial charge on any atom is 0.202 e. The highest BCUT2D eigenvalue weighted by Crippen LogP contribution is 2.18. The van der Waals surface area contributed by atoms with E-state index in [1.165, 1.54) is 6.07 Å². The zero-order valence-electron chi connectivity index (χ0n) is 10.3. The van der Waals surface area contributed by atoms with Crippen LogP contribution in [-0.2, 0) is 0 Å². The fraction of sp³-hybridized carbons (Fsp3) is 0.133. The molecule has 0 aliphatic rings. The van der Waals surface area contributed by atoms with Crippen LogP contribution in [-0.4, -0.2) is 11.9 Å². The van der Waals surface area contributed by atoms with Crippen LogP contribution in [0.15, 0.2) is 48.5 Å². The van der Waals surface area contributed by atoms with Gasteiger partial charge in [0.1, 0.15) is 5.75 Å². The molecule has 2 aromatic carbocycles. The van der Waals surface area contributed by atoms with E-state index in [4.69, 9.17) is 4.74 Å². The van der Waals surface area contributed by atoms with Gasteiger partial charge in [-0.2, -0.15) is 0 Å². The second-order valence-electron chi connectivity index (χ2n) is 4.07. The molecule has 0 saturated carbocycles. The van der Waals surface area contributed by atoms with Crippen LogP contribution in [0.2, 0.25) is 0 Å². The molecule has 0 fully saturated rings. The maximum absolute atomic E-state index is 13.0. The molecule has 98 valence electrons. The fourth-order valence-corrected chi connectivity index (χ4v) is 1.64. The number of carbonyl (C=O) groups is 1. The van der Waals surface area contributed by atoms with E-state index in [9.17, 15) is 13.6 Å². The molecule has 0 spiro atoms. The van der Waals surface area contributed by atoms with Crippen LogP contribution in [0, 0.1) is 11.6 Å². The smallest absolute Gasteiger partial charge is 0.202 e. The average Bonchev–Trinajstić information content (AvgIpc) is 2.43. The van der Waals surface area contributed by atoms with E-state index in [0.29, 0.717) is 5.56 Å². The van der Waals surface area contributed by atoms with Crippen LogP contribution in [0.25, 0.3) is 0 Å². The van der Waals surface area contributed by atoms with Crippen LogP contribution >= 0.6 is 0 Å². The lowest BCUT2D eigenvalue weighted by Gasteiger charge is -2.13. The number of ketones is 1. The number of carbonyl (C=O) groups excluding carboxylic acids is 1. The highest BCUT2D eigenvalue weighted by Gasteiger charge is 2.17. The molecule has 1 unspecified atom stereocenters. The monoisotopic (exact) mass is 262 g/mol. The van der Waals surface area contributed by atoms with Crippen molar-refractivity contribution in [3.8, 4) is 5.75 Å². The predicted octanol–water partition coefficient (Wildman–Crippen LogP) is 3.62. The Morgan fingerprint density at radius 2 is 1.74 bits per heavy atom. The van der Waals surface area contributed by atoms with Gasteiger partial charge < -0.3 is 4.74 Å². The van der Waals surface area contributed by atoms with Crippen LogP contribution in [0.5, 0.6) is 5.75 Å². The molecule has 4 heteroatoms. The summed E-state index contributed by atoms with van der Waals surface area (Å²) >= 11 is 0. The largest absolute Gasteiger partial charge is 0.482 e. The molecular formula is C15H12F2O2. The van der Waals surface area contributed by atoms with Gasteiger partial charge in [-0.25, -0.2) is 8.78 Å². The van der Waals surface area contributed by atoms with Crippen LogP contribution < -0.4 is 4.74 Å². The summed E-state index contributed by atoms with van der Waals surface area (Å²) in [4.78, 5) is 12.0. The van der Waals surface area contributed by atoms with Crippen molar-refractivity contribution in [2.45, 2.75) is 13.0 Å². The normalized spacial score (nSPS) is 11.9. The number of hydrogen-bond acceptors (Lipinski definition) is 2. The van der Waals surface area contributed by atoms with Crippen molar-refractivity contribution in [3.63, 3.8) is 0 Å². The summed E-state index contributed by atoms with van der Waals surface area (Å²) in [5, 5.41) is 0. The SMILES string of the molecule is CC(Oc1ccc(F)c(F)c1)C(=O)c1ccccc1. The Bertz CT molecular complexity index is 582. The highest BCUT2D eigenvalue weighted by atomic mass is 19.2. The molecule has 0 bridgehead atoms. The van der Waals surface area contributed by atoms with Crippen molar-refractivity contribution >= 4 is 5.78 Å². The summed E-state index contributed by atoms with van der Waals surface area (Å²) in [6.45, 7) is 1.57. The summed E-state index contributed by atoms with van der Waals surface area (Å²) in [7, 11) is 0. The van der Waals surface area contributed by atoms with Crippen LogP contribution in [0.4, 0.5) is 8.78 Å².